The Morgan fingerprint density at radius 3 is 2.96 bits per heavy atom. The molecule has 24 heavy (non-hydrogen) atoms. The molecule has 2 aromatic rings. The summed E-state index contributed by atoms with van der Waals surface area (Å²) in [6.07, 6.45) is 3.85. The quantitative estimate of drug-likeness (QED) is 0.803. The van der Waals surface area contributed by atoms with Crippen LogP contribution >= 0.6 is 0 Å². The van der Waals surface area contributed by atoms with Crippen LogP contribution in [0.5, 0.6) is 0 Å². The first kappa shape index (κ1) is 15.6. The number of oxime groups is 1. The smallest absolute Gasteiger partial charge is 0.144 e. The van der Waals surface area contributed by atoms with Gasteiger partial charge in [-0.15, -0.1) is 0 Å². The molecule has 1 saturated carbocycles. The maximum absolute atomic E-state index is 9.91. The van der Waals surface area contributed by atoms with E-state index in [2.05, 4.69) is 47.7 Å². The molecule has 2 aliphatic rings. The Bertz CT molecular complexity index is 781. The second-order valence-corrected chi connectivity index (χ2v) is 6.99. The van der Waals surface area contributed by atoms with Crippen LogP contribution in [0.15, 0.2) is 35.5 Å². The number of aliphatic hydroxyl groups is 1. The lowest BCUT2D eigenvalue weighted by Gasteiger charge is -2.10. The Kier molecular flexibility index (Phi) is 4.25. The molecule has 2 aliphatic carbocycles. The van der Waals surface area contributed by atoms with Gasteiger partial charge in [-0.1, -0.05) is 41.1 Å². The van der Waals surface area contributed by atoms with Gasteiger partial charge in [0.15, 0.2) is 0 Å². The standard InChI is InChI=1S/C20H24N2O2/c1-13-2-6-17-14(10-13)3-7-19-18(17)8-9-20(19)22-24-12-16(23)11-21-15-4-5-15/h2-3,6-7,10,15-16,21,23H,4-5,8-9,11-12H2,1H3. The van der Waals surface area contributed by atoms with E-state index in [0.29, 0.717) is 12.6 Å². The lowest BCUT2D eigenvalue weighted by molar-refractivity contribution is 0.0401. The molecule has 2 aromatic carbocycles. The predicted octanol–water partition coefficient (Wildman–Crippen LogP) is 2.93. The number of fused-ring (bicyclic) bond motifs is 3. The zero-order chi connectivity index (χ0) is 16.5. The maximum Gasteiger partial charge on any atom is 0.144 e. The fourth-order valence-electron chi connectivity index (χ4n) is 3.38. The van der Waals surface area contributed by atoms with Crippen molar-refractivity contribution in [3.63, 3.8) is 0 Å². The van der Waals surface area contributed by atoms with Crippen molar-refractivity contribution in [1.29, 1.82) is 0 Å². The highest BCUT2D eigenvalue weighted by Crippen LogP contribution is 2.31. The third kappa shape index (κ3) is 3.30. The monoisotopic (exact) mass is 324 g/mol. The highest BCUT2D eigenvalue weighted by molar-refractivity contribution is 6.08. The van der Waals surface area contributed by atoms with Crippen LogP contribution in [0.4, 0.5) is 0 Å². The zero-order valence-electron chi connectivity index (χ0n) is 14.1. The summed E-state index contributed by atoms with van der Waals surface area (Å²) in [5.41, 5.74) is 4.84. The van der Waals surface area contributed by atoms with Gasteiger partial charge in [0.05, 0.1) is 5.71 Å². The minimum absolute atomic E-state index is 0.241. The largest absolute Gasteiger partial charge is 0.393 e. The number of aryl methyl sites for hydroxylation is 2. The fraction of sp³-hybridized carbons (Fsp3) is 0.450. The van der Waals surface area contributed by atoms with Crippen molar-refractivity contribution in [2.45, 2.75) is 44.8 Å². The van der Waals surface area contributed by atoms with Crippen LogP contribution in [0.1, 0.15) is 36.0 Å². The number of nitrogens with one attached hydrogen (secondary N) is 1. The summed E-state index contributed by atoms with van der Waals surface area (Å²) in [6.45, 7) is 2.94. The lowest BCUT2D eigenvalue weighted by atomic mass is 9.99. The van der Waals surface area contributed by atoms with E-state index in [4.69, 9.17) is 4.84 Å². The Balaban J connectivity index is 1.44. The van der Waals surface area contributed by atoms with Crippen molar-refractivity contribution in [2.24, 2.45) is 5.16 Å². The molecule has 0 aliphatic heterocycles. The summed E-state index contributed by atoms with van der Waals surface area (Å²) in [6, 6.07) is 11.5. The van der Waals surface area contributed by atoms with E-state index in [9.17, 15) is 5.11 Å². The molecule has 0 amide bonds. The van der Waals surface area contributed by atoms with Gasteiger partial charge < -0.3 is 15.3 Å². The first-order chi connectivity index (χ1) is 11.7. The Morgan fingerprint density at radius 1 is 1.25 bits per heavy atom. The van der Waals surface area contributed by atoms with Gasteiger partial charge in [0.2, 0.25) is 0 Å². The minimum Gasteiger partial charge on any atom is -0.393 e. The van der Waals surface area contributed by atoms with E-state index in [-0.39, 0.29) is 6.61 Å². The van der Waals surface area contributed by atoms with E-state index in [0.717, 1.165) is 18.6 Å². The molecule has 1 unspecified atom stereocenters. The molecule has 4 rings (SSSR count). The molecule has 1 atom stereocenters. The third-order valence-corrected chi connectivity index (χ3v) is 4.87. The Labute approximate surface area is 142 Å². The summed E-state index contributed by atoms with van der Waals surface area (Å²) in [7, 11) is 0. The number of benzene rings is 2. The summed E-state index contributed by atoms with van der Waals surface area (Å²) in [5.74, 6) is 0. The van der Waals surface area contributed by atoms with Crippen LogP contribution in [0.25, 0.3) is 10.8 Å². The minimum atomic E-state index is -0.504. The number of hydrogen-bond acceptors (Lipinski definition) is 4. The van der Waals surface area contributed by atoms with E-state index < -0.39 is 6.10 Å². The van der Waals surface area contributed by atoms with Crippen LogP contribution in [0, 0.1) is 6.92 Å². The molecule has 0 spiro atoms. The van der Waals surface area contributed by atoms with Gasteiger partial charge in [0.1, 0.15) is 12.7 Å². The van der Waals surface area contributed by atoms with Gasteiger partial charge in [-0.3, -0.25) is 0 Å². The fourth-order valence-corrected chi connectivity index (χ4v) is 3.38. The predicted molar refractivity (Wildman–Crippen MR) is 96.5 cm³/mol. The van der Waals surface area contributed by atoms with Gasteiger partial charge in [-0.2, -0.15) is 0 Å². The first-order valence-corrected chi connectivity index (χ1v) is 8.83. The molecule has 0 radical (unpaired) electrons. The molecule has 0 bridgehead atoms. The molecule has 2 N–H and O–H groups in total. The molecule has 1 fully saturated rings. The molecule has 0 aromatic heterocycles. The van der Waals surface area contributed by atoms with Gasteiger partial charge in [0, 0.05) is 18.2 Å². The highest BCUT2D eigenvalue weighted by atomic mass is 16.6. The van der Waals surface area contributed by atoms with Gasteiger partial charge >= 0.3 is 0 Å². The van der Waals surface area contributed by atoms with Gasteiger partial charge in [-0.05, 0) is 48.9 Å². The summed E-state index contributed by atoms with van der Waals surface area (Å²) in [5, 5.41) is 20.1. The molecular weight excluding hydrogens is 300 g/mol. The Hall–Kier alpha value is -1.91. The highest BCUT2D eigenvalue weighted by Gasteiger charge is 2.22. The second kappa shape index (κ2) is 6.54. The van der Waals surface area contributed by atoms with Crippen molar-refractivity contribution in [2.75, 3.05) is 13.2 Å². The van der Waals surface area contributed by atoms with Crippen LogP contribution in [0.3, 0.4) is 0 Å². The number of hydrogen-bond donors (Lipinski definition) is 2. The average Bonchev–Trinajstić information content (AvgIpc) is 3.32. The molecule has 4 nitrogen and oxygen atoms in total. The molecular formula is C20H24N2O2. The Morgan fingerprint density at radius 2 is 2.12 bits per heavy atom. The summed E-state index contributed by atoms with van der Waals surface area (Å²) >= 11 is 0. The van der Waals surface area contributed by atoms with Crippen LogP contribution in [-0.4, -0.2) is 36.1 Å². The van der Waals surface area contributed by atoms with Gasteiger partial charge in [-0.25, -0.2) is 0 Å². The first-order valence-electron chi connectivity index (χ1n) is 8.83. The van der Waals surface area contributed by atoms with E-state index >= 15 is 0 Å². The van der Waals surface area contributed by atoms with E-state index in [1.54, 1.807) is 0 Å². The molecule has 4 heteroatoms. The third-order valence-electron chi connectivity index (χ3n) is 4.87. The number of rotatable bonds is 6. The maximum atomic E-state index is 9.91. The molecule has 0 saturated heterocycles. The van der Waals surface area contributed by atoms with Crippen molar-refractivity contribution in [3.05, 3.63) is 47.0 Å². The van der Waals surface area contributed by atoms with Crippen molar-refractivity contribution >= 4 is 16.5 Å². The van der Waals surface area contributed by atoms with Crippen LogP contribution < -0.4 is 5.32 Å². The van der Waals surface area contributed by atoms with Crippen molar-refractivity contribution in [1.82, 2.24) is 5.32 Å². The average molecular weight is 324 g/mol. The van der Waals surface area contributed by atoms with Crippen molar-refractivity contribution in [3.8, 4) is 0 Å². The van der Waals surface area contributed by atoms with Gasteiger partial charge in [0.25, 0.3) is 0 Å². The molecule has 0 heterocycles. The SMILES string of the molecule is Cc1ccc2c3c(ccc2c1)C(=NOCC(O)CNC1CC1)CC3. The summed E-state index contributed by atoms with van der Waals surface area (Å²) in [4.78, 5) is 5.42. The summed E-state index contributed by atoms with van der Waals surface area (Å²) < 4.78 is 0. The normalized spacial score (nSPS) is 19.7. The van der Waals surface area contributed by atoms with Crippen LogP contribution in [0.2, 0.25) is 0 Å². The number of aliphatic hydroxyl groups excluding tert-OH is 1. The second-order valence-electron chi connectivity index (χ2n) is 6.99. The van der Waals surface area contributed by atoms with E-state index in [1.807, 2.05) is 0 Å². The topological polar surface area (TPSA) is 53.9 Å². The van der Waals surface area contributed by atoms with Crippen molar-refractivity contribution < 1.29 is 9.94 Å². The van der Waals surface area contributed by atoms with E-state index in [1.165, 1.54) is 40.3 Å². The molecule has 126 valence electrons. The zero-order valence-corrected chi connectivity index (χ0v) is 14.1. The lowest BCUT2D eigenvalue weighted by Crippen LogP contribution is -2.31. The van der Waals surface area contributed by atoms with Crippen LogP contribution in [-0.2, 0) is 11.3 Å². The number of nitrogens with zero attached hydrogens (tertiary/aromatic N) is 1.